The Bertz CT molecular complexity index is 531. The van der Waals surface area contributed by atoms with Crippen LogP contribution in [0.25, 0.3) is 0 Å². The highest BCUT2D eigenvalue weighted by Gasteiger charge is 2.22. The Morgan fingerprint density at radius 3 is 2.67 bits per heavy atom. The largest absolute Gasteiger partial charge is 0.357 e. The van der Waals surface area contributed by atoms with E-state index in [1.54, 1.807) is 0 Å². The lowest BCUT2D eigenvalue weighted by molar-refractivity contribution is 0.119. The number of guanidine groups is 1. The van der Waals surface area contributed by atoms with E-state index in [0.717, 1.165) is 44.2 Å². The molecule has 134 valence electrons. The van der Waals surface area contributed by atoms with Crippen LogP contribution < -0.4 is 5.32 Å². The topological polar surface area (TPSA) is 34.1 Å². The highest BCUT2D eigenvalue weighted by Crippen LogP contribution is 2.08. The molecule has 1 N–H and O–H groups in total. The number of benzene rings is 1. The van der Waals surface area contributed by atoms with Crippen molar-refractivity contribution in [3.05, 3.63) is 35.6 Å². The van der Waals surface area contributed by atoms with Crippen molar-refractivity contribution in [2.45, 2.75) is 19.5 Å². The van der Waals surface area contributed by atoms with E-state index in [9.17, 15) is 4.39 Å². The molecule has 0 aliphatic carbocycles. The lowest BCUT2D eigenvalue weighted by Gasteiger charge is -2.37. The average Bonchev–Trinajstić information content (AvgIpc) is 2.56. The van der Waals surface area contributed by atoms with E-state index in [1.807, 2.05) is 19.2 Å². The fraction of sp³-hybridized carbons (Fsp3) is 0.611. The Kier molecular flexibility index (Phi) is 6.99. The molecule has 0 amide bonds. The molecule has 1 aromatic carbocycles. The van der Waals surface area contributed by atoms with E-state index >= 15 is 0 Å². The van der Waals surface area contributed by atoms with Gasteiger partial charge in [-0.2, -0.15) is 0 Å². The molecule has 24 heavy (non-hydrogen) atoms. The molecule has 1 aromatic rings. The first-order chi connectivity index (χ1) is 11.5. The smallest absolute Gasteiger partial charge is 0.194 e. The molecule has 1 atom stereocenters. The molecular formula is C18H30FN5. The number of nitrogens with one attached hydrogen (secondary N) is 1. The van der Waals surface area contributed by atoms with Crippen LogP contribution in [0.2, 0.25) is 0 Å². The summed E-state index contributed by atoms with van der Waals surface area (Å²) in [7, 11) is 6.35. The third-order valence-corrected chi connectivity index (χ3v) is 4.46. The molecular weight excluding hydrogens is 305 g/mol. The summed E-state index contributed by atoms with van der Waals surface area (Å²) in [6, 6.07) is 7.08. The van der Waals surface area contributed by atoms with Gasteiger partial charge in [0.1, 0.15) is 5.82 Å². The van der Waals surface area contributed by atoms with Crippen LogP contribution in [0.3, 0.4) is 0 Å². The van der Waals surface area contributed by atoms with Gasteiger partial charge in [-0.25, -0.2) is 4.39 Å². The molecule has 1 unspecified atom stereocenters. The minimum atomic E-state index is -0.202. The summed E-state index contributed by atoms with van der Waals surface area (Å²) in [5, 5.41) is 3.35. The summed E-state index contributed by atoms with van der Waals surface area (Å²) in [5.41, 5.74) is 1.07. The maximum Gasteiger partial charge on any atom is 0.194 e. The molecule has 1 aliphatic rings. The second-order valence-electron chi connectivity index (χ2n) is 6.57. The maximum absolute atomic E-state index is 13.0. The molecule has 1 saturated heterocycles. The fourth-order valence-corrected chi connectivity index (χ4v) is 2.90. The Morgan fingerprint density at radius 1 is 1.29 bits per heavy atom. The van der Waals surface area contributed by atoms with E-state index < -0.39 is 0 Å². The fourth-order valence-electron chi connectivity index (χ4n) is 2.90. The lowest BCUT2D eigenvalue weighted by Crippen LogP contribution is -2.51. The van der Waals surface area contributed by atoms with Crippen molar-refractivity contribution >= 4 is 5.96 Å². The van der Waals surface area contributed by atoms with Gasteiger partial charge >= 0.3 is 0 Å². The monoisotopic (exact) mass is 335 g/mol. The summed E-state index contributed by atoms with van der Waals surface area (Å²) < 4.78 is 13.0. The van der Waals surface area contributed by atoms with Gasteiger partial charge in [0.15, 0.2) is 5.96 Å². The van der Waals surface area contributed by atoms with Gasteiger partial charge < -0.3 is 15.1 Å². The number of halogens is 1. The van der Waals surface area contributed by atoms with Crippen LogP contribution in [0.4, 0.5) is 4.39 Å². The van der Waals surface area contributed by atoms with Gasteiger partial charge in [0.25, 0.3) is 0 Å². The SMILES string of the molecule is CCNC(=NCC1CN(C)CCN1C)N(C)Cc1ccc(F)cc1. The van der Waals surface area contributed by atoms with Crippen LogP contribution in [-0.4, -0.2) is 80.6 Å². The van der Waals surface area contributed by atoms with Crippen molar-refractivity contribution in [3.63, 3.8) is 0 Å². The number of likely N-dealkylation sites (N-methyl/N-ethyl adjacent to an activating group) is 2. The number of hydrogen-bond donors (Lipinski definition) is 1. The second kappa shape index (κ2) is 8.99. The summed E-state index contributed by atoms with van der Waals surface area (Å²) >= 11 is 0. The minimum Gasteiger partial charge on any atom is -0.357 e. The van der Waals surface area contributed by atoms with E-state index in [1.165, 1.54) is 12.1 Å². The molecule has 1 aliphatic heterocycles. The maximum atomic E-state index is 13.0. The van der Waals surface area contributed by atoms with Gasteiger partial charge in [-0.3, -0.25) is 9.89 Å². The highest BCUT2D eigenvalue weighted by atomic mass is 19.1. The van der Waals surface area contributed by atoms with E-state index in [2.05, 4.69) is 41.0 Å². The van der Waals surface area contributed by atoms with Crippen molar-refractivity contribution in [2.24, 2.45) is 4.99 Å². The van der Waals surface area contributed by atoms with Gasteiger partial charge in [-0.15, -0.1) is 0 Å². The number of rotatable bonds is 5. The molecule has 1 heterocycles. The summed E-state index contributed by atoms with van der Waals surface area (Å²) in [4.78, 5) is 11.6. The van der Waals surface area contributed by atoms with Crippen LogP contribution in [0, 0.1) is 5.82 Å². The predicted molar refractivity (Wildman–Crippen MR) is 97.8 cm³/mol. The van der Waals surface area contributed by atoms with Gasteiger partial charge in [0, 0.05) is 45.8 Å². The third kappa shape index (κ3) is 5.46. The van der Waals surface area contributed by atoms with E-state index in [-0.39, 0.29) is 5.82 Å². The number of nitrogens with zero attached hydrogens (tertiary/aromatic N) is 4. The molecule has 6 heteroatoms. The summed E-state index contributed by atoms with van der Waals surface area (Å²) in [6.07, 6.45) is 0. The molecule has 5 nitrogen and oxygen atoms in total. The lowest BCUT2D eigenvalue weighted by atomic mass is 10.2. The zero-order valence-corrected chi connectivity index (χ0v) is 15.3. The predicted octanol–water partition coefficient (Wildman–Crippen LogP) is 1.47. The number of aliphatic imine (C=N–C) groups is 1. The zero-order valence-electron chi connectivity index (χ0n) is 15.3. The molecule has 0 bridgehead atoms. The Balaban J connectivity index is 1.99. The molecule has 0 spiro atoms. The van der Waals surface area contributed by atoms with Crippen LogP contribution in [-0.2, 0) is 6.54 Å². The van der Waals surface area contributed by atoms with Crippen LogP contribution in [0.5, 0.6) is 0 Å². The standard InChI is InChI=1S/C18H30FN5/c1-5-20-18(21-12-17-14-22(2)10-11-23(17)3)24(4)13-15-6-8-16(19)9-7-15/h6-9,17H,5,10-14H2,1-4H3,(H,20,21). The molecule has 0 saturated carbocycles. The molecule has 0 aromatic heterocycles. The van der Waals surface area contributed by atoms with Gasteiger partial charge in [-0.05, 0) is 38.7 Å². The Morgan fingerprint density at radius 2 is 2.00 bits per heavy atom. The van der Waals surface area contributed by atoms with Gasteiger partial charge in [-0.1, -0.05) is 12.1 Å². The normalized spacial score (nSPS) is 20.2. The average molecular weight is 335 g/mol. The summed E-state index contributed by atoms with van der Waals surface area (Å²) in [5.74, 6) is 0.690. The second-order valence-corrected chi connectivity index (χ2v) is 6.57. The minimum absolute atomic E-state index is 0.202. The first kappa shape index (κ1) is 18.7. The van der Waals surface area contributed by atoms with Crippen molar-refractivity contribution in [2.75, 3.05) is 53.9 Å². The molecule has 0 radical (unpaired) electrons. The van der Waals surface area contributed by atoms with E-state index in [4.69, 9.17) is 4.99 Å². The van der Waals surface area contributed by atoms with E-state index in [0.29, 0.717) is 12.6 Å². The molecule has 1 fully saturated rings. The highest BCUT2D eigenvalue weighted by molar-refractivity contribution is 5.79. The first-order valence-electron chi connectivity index (χ1n) is 8.62. The Hall–Kier alpha value is -1.66. The van der Waals surface area contributed by atoms with Crippen molar-refractivity contribution in [1.82, 2.24) is 20.0 Å². The van der Waals surface area contributed by atoms with Crippen molar-refractivity contribution < 1.29 is 4.39 Å². The van der Waals surface area contributed by atoms with Crippen LogP contribution in [0.1, 0.15) is 12.5 Å². The first-order valence-corrected chi connectivity index (χ1v) is 8.62. The van der Waals surface area contributed by atoms with Crippen LogP contribution in [0.15, 0.2) is 29.3 Å². The van der Waals surface area contributed by atoms with Gasteiger partial charge in [0.2, 0.25) is 0 Å². The Labute approximate surface area is 145 Å². The van der Waals surface area contributed by atoms with Crippen molar-refractivity contribution in [1.29, 1.82) is 0 Å². The quantitative estimate of drug-likeness (QED) is 0.653. The molecule has 2 rings (SSSR count). The van der Waals surface area contributed by atoms with Crippen LogP contribution >= 0.6 is 0 Å². The van der Waals surface area contributed by atoms with Gasteiger partial charge in [0.05, 0.1) is 6.54 Å². The zero-order chi connectivity index (χ0) is 17.5. The summed E-state index contributed by atoms with van der Waals surface area (Å²) in [6.45, 7) is 7.61. The number of piperazine rings is 1. The third-order valence-electron chi connectivity index (χ3n) is 4.46. The van der Waals surface area contributed by atoms with Crippen molar-refractivity contribution in [3.8, 4) is 0 Å². The number of hydrogen-bond acceptors (Lipinski definition) is 3.